The van der Waals surface area contributed by atoms with Gasteiger partial charge < -0.3 is 15.2 Å². The molecule has 8 heteroatoms. The molecular weight excluding hydrogens is 391 g/mol. The Hall–Kier alpha value is -2.57. The lowest BCUT2D eigenvalue weighted by molar-refractivity contribution is -0.385. The van der Waals surface area contributed by atoms with Gasteiger partial charge in [-0.15, -0.1) is 0 Å². The Balaban J connectivity index is 1.93. The lowest BCUT2D eigenvalue weighted by atomic mass is 9.75. The fourth-order valence-corrected chi connectivity index (χ4v) is 4.61. The minimum atomic E-state index is -1.39. The van der Waals surface area contributed by atoms with Crippen LogP contribution in [-0.2, 0) is 0 Å². The Morgan fingerprint density at radius 2 is 2.00 bits per heavy atom. The molecule has 0 radical (unpaired) electrons. The number of nitro benzene ring substituents is 1. The number of nitrogens with zero attached hydrogens (tertiary/aromatic N) is 1. The van der Waals surface area contributed by atoms with Gasteiger partial charge in [-0.05, 0) is 36.1 Å². The summed E-state index contributed by atoms with van der Waals surface area (Å²) in [5.41, 5.74) is 1.14. The molecule has 2 aromatic rings. The van der Waals surface area contributed by atoms with E-state index in [0.717, 1.165) is 5.56 Å². The van der Waals surface area contributed by atoms with E-state index in [2.05, 4.69) is 5.32 Å². The van der Waals surface area contributed by atoms with E-state index in [1.54, 1.807) is 18.2 Å². The summed E-state index contributed by atoms with van der Waals surface area (Å²) in [4.78, 5) is 22.7. The topological polar surface area (TPSA) is 95.3 Å². The van der Waals surface area contributed by atoms with Gasteiger partial charge in [0, 0.05) is 27.6 Å². The van der Waals surface area contributed by atoms with Gasteiger partial charge in [0.2, 0.25) is 0 Å². The molecule has 1 N–H and O–H groups in total. The number of halogens is 2. The van der Waals surface area contributed by atoms with Crippen LogP contribution in [0.15, 0.2) is 42.5 Å². The maximum absolute atomic E-state index is 11.6. The molecule has 4 rings (SSSR count). The van der Waals surface area contributed by atoms with Crippen molar-refractivity contribution in [2.45, 2.75) is 18.4 Å². The Bertz CT molecular complexity index is 1010. The van der Waals surface area contributed by atoms with Crippen LogP contribution in [0, 0.1) is 16.0 Å². The van der Waals surface area contributed by atoms with E-state index in [-0.39, 0.29) is 34.8 Å². The molecule has 27 heavy (non-hydrogen) atoms. The molecule has 0 aromatic heterocycles. The zero-order chi connectivity index (χ0) is 19.3. The van der Waals surface area contributed by atoms with Crippen molar-refractivity contribution >= 4 is 40.5 Å². The first-order valence-electron chi connectivity index (χ1n) is 8.29. The molecule has 2 aliphatic rings. The molecule has 0 bridgehead atoms. The summed E-state index contributed by atoms with van der Waals surface area (Å²) in [5.74, 6) is -1.72. The first kappa shape index (κ1) is 17.8. The molecule has 0 spiro atoms. The number of carboxylic acid groups (broad SMARTS) is 1. The second kappa shape index (κ2) is 6.55. The van der Waals surface area contributed by atoms with Crippen LogP contribution in [0.25, 0.3) is 0 Å². The van der Waals surface area contributed by atoms with E-state index in [9.17, 15) is 20.0 Å². The van der Waals surface area contributed by atoms with Crippen molar-refractivity contribution < 1.29 is 14.8 Å². The van der Waals surface area contributed by atoms with Crippen LogP contribution in [0.3, 0.4) is 0 Å². The maximum atomic E-state index is 11.6. The van der Waals surface area contributed by atoms with Gasteiger partial charge in [-0.1, -0.05) is 41.4 Å². The van der Waals surface area contributed by atoms with Crippen molar-refractivity contribution in [1.82, 2.24) is 0 Å². The molecule has 6 nitrogen and oxygen atoms in total. The van der Waals surface area contributed by atoms with Crippen LogP contribution < -0.4 is 10.4 Å². The van der Waals surface area contributed by atoms with E-state index in [4.69, 9.17) is 23.2 Å². The van der Waals surface area contributed by atoms with Gasteiger partial charge >= 0.3 is 0 Å². The molecule has 1 aliphatic carbocycles. The second-order valence-corrected chi connectivity index (χ2v) is 7.45. The third-order valence-electron chi connectivity index (χ3n) is 5.21. The average molecular weight is 404 g/mol. The van der Waals surface area contributed by atoms with Gasteiger partial charge in [-0.2, -0.15) is 0 Å². The lowest BCUT2D eigenvalue weighted by Gasteiger charge is -2.38. The fourth-order valence-electron chi connectivity index (χ4n) is 4.08. The molecule has 1 heterocycles. The van der Waals surface area contributed by atoms with Crippen molar-refractivity contribution in [3.05, 3.63) is 79.3 Å². The highest BCUT2D eigenvalue weighted by molar-refractivity contribution is 6.35. The van der Waals surface area contributed by atoms with E-state index < -0.39 is 10.9 Å². The molecule has 0 saturated heterocycles. The molecule has 0 unspecified atom stereocenters. The van der Waals surface area contributed by atoms with Gasteiger partial charge in [-0.3, -0.25) is 10.1 Å². The molecule has 138 valence electrons. The number of allylic oxidation sites excluding steroid dienone is 2. The first-order valence-corrected chi connectivity index (χ1v) is 9.05. The number of aromatic carboxylic acids is 1. The SMILES string of the molecule is O=C([O-])c1ccc([N+](=O)[O-])c2c1N[C@H](c1ccc(Cl)cc1Cl)[C@H]1CC=C[C@H]21. The molecule has 1 aliphatic heterocycles. The fraction of sp³-hybridized carbons (Fsp3) is 0.211. The number of hydrogen-bond donors (Lipinski definition) is 1. The predicted molar refractivity (Wildman–Crippen MR) is 100 cm³/mol. The maximum Gasteiger partial charge on any atom is 0.275 e. The van der Waals surface area contributed by atoms with Crippen molar-refractivity contribution in [1.29, 1.82) is 0 Å². The van der Waals surface area contributed by atoms with Crippen molar-refractivity contribution in [2.75, 3.05) is 5.32 Å². The Morgan fingerprint density at radius 1 is 1.22 bits per heavy atom. The number of nitro groups is 1. The first-order chi connectivity index (χ1) is 12.9. The lowest BCUT2D eigenvalue weighted by Crippen LogP contribution is -2.33. The van der Waals surface area contributed by atoms with Crippen LogP contribution >= 0.6 is 23.2 Å². The van der Waals surface area contributed by atoms with E-state index >= 15 is 0 Å². The Labute approximate surface area is 164 Å². The monoisotopic (exact) mass is 403 g/mol. The highest BCUT2D eigenvalue weighted by atomic mass is 35.5. The number of carboxylic acids is 1. The summed E-state index contributed by atoms with van der Waals surface area (Å²) in [6, 6.07) is 7.24. The van der Waals surface area contributed by atoms with Crippen molar-refractivity contribution in [3.63, 3.8) is 0 Å². The molecule has 0 saturated carbocycles. The second-order valence-electron chi connectivity index (χ2n) is 6.61. The number of fused-ring (bicyclic) bond motifs is 3. The van der Waals surface area contributed by atoms with Gasteiger partial charge in [0.05, 0.1) is 28.2 Å². The summed E-state index contributed by atoms with van der Waals surface area (Å²) in [7, 11) is 0. The largest absolute Gasteiger partial charge is 0.545 e. The molecule has 3 atom stereocenters. The van der Waals surface area contributed by atoms with E-state index in [1.165, 1.54) is 12.1 Å². The zero-order valence-electron chi connectivity index (χ0n) is 13.8. The standard InChI is InChI=1S/C19H14Cl2N2O4/c20-9-4-5-12(14(21)8-9)17-11-3-1-2-10(11)16-15(23(26)27)7-6-13(19(24)25)18(16)22-17/h1-2,4-8,10-11,17,22H,3H2,(H,24,25)/p-1/t10-,11-,17-/m0/s1. The minimum Gasteiger partial charge on any atom is -0.545 e. The highest BCUT2D eigenvalue weighted by Crippen LogP contribution is 2.54. The third kappa shape index (κ3) is 2.85. The van der Waals surface area contributed by atoms with Gasteiger partial charge in [0.25, 0.3) is 5.69 Å². The number of benzene rings is 2. The Morgan fingerprint density at radius 3 is 2.67 bits per heavy atom. The summed E-state index contributed by atoms with van der Waals surface area (Å²) < 4.78 is 0. The normalized spacial score (nSPS) is 22.7. The van der Waals surface area contributed by atoms with Crippen LogP contribution in [0.5, 0.6) is 0 Å². The number of hydrogen-bond acceptors (Lipinski definition) is 5. The number of nitrogens with one attached hydrogen (secondary N) is 1. The van der Waals surface area contributed by atoms with E-state index in [1.807, 2.05) is 12.2 Å². The van der Waals surface area contributed by atoms with Crippen LogP contribution in [0.4, 0.5) is 11.4 Å². The molecule has 2 aromatic carbocycles. The average Bonchev–Trinajstić information content (AvgIpc) is 3.09. The number of anilines is 1. The summed E-state index contributed by atoms with van der Waals surface area (Å²) in [5, 5.41) is 27.3. The molecule has 0 fully saturated rings. The number of carbonyl (C=O) groups excluding carboxylic acids is 1. The van der Waals surface area contributed by atoms with Crippen molar-refractivity contribution in [2.24, 2.45) is 5.92 Å². The summed E-state index contributed by atoms with van der Waals surface area (Å²) in [6.45, 7) is 0. The number of rotatable bonds is 3. The predicted octanol–water partition coefficient (Wildman–Crippen LogP) is 4.09. The summed E-state index contributed by atoms with van der Waals surface area (Å²) in [6.07, 6.45) is 4.54. The molecular formula is C19H13Cl2N2O4-. The van der Waals surface area contributed by atoms with E-state index in [0.29, 0.717) is 22.0 Å². The van der Waals surface area contributed by atoms with Gasteiger partial charge in [0.15, 0.2) is 0 Å². The van der Waals surface area contributed by atoms with Crippen LogP contribution in [0.1, 0.15) is 39.9 Å². The van der Waals surface area contributed by atoms with Crippen molar-refractivity contribution in [3.8, 4) is 0 Å². The third-order valence-corrected chi connectivity index (χ3v) is 5.77. The Kier molecular flexibility index (Phi) is 4.32. The van der Waals surface area contributed by atoms with Gasteiger partial charge in [0.1, 0.15) is 0 Å². The number of carbonyl (C=O) groups is 1. The summed E-state index contributed by atoms with van der Waals surface area (Å²) >= 11 is 12.4. The van der Waals surface area contributed by atoms with Crippen LogP contribution in [0.2, 0.25) is 10.0 Å². The van der Waals surface area contributed by atoms with Crippen LogP contribution in [-0.4, -0.2) is 10.9 Å². The quantitative estimate of drug-likeness (QED) is 0.472. The van der Waals surface area contributed by atoms with Gasteiger partial charge in [-0.25, -0.2) is 0 Å². The highest BCUT2D eigenvalue weighted by Gasteiger charge is 2.43. The molecule has 0 amide bonds. The minimum absolute atomic E-state index is 0.0353. The smallest absolute Gasteiger partial charge is 0.275 e. The zero-order valence-corrected chi connectivity index (χ0v) is 15.3.